The van der Waals surface area contributed by atoms with E-state index in [-0.39, 0.29) is 5.69 Å². The monoisotopic (exact) mass is 408 g/mol. The molecule has 3 N–H and O–H groups in total. The van der Waals surface area contributed by atoms with Gasteiger partial charge in [-0.05, 0) is 44.7 Å². The fourth-order valence-electron chi connectivity index (χ4n) is 3.97. The molecule has 1 fully saturated rings. The van der Waals surface area contributed by atoms with E-state index in [2.05, 4.69) is 15.3 Å². The predicted octanol–water partition coefficient (Wildman–Crippen LogP) is 1.31. The minimum absolute atomic E-state index is 0.204. The lowest BCUT2D eigenvalue weighted by Gasteiger charge is -2.39. The fourth-order valence-corrected chi connectivity index (χ4v) is 3.97. The summed E-state index contributed by atoms with van der Waals surface area (Å²) < 4.78 is 7.42. The van der Waals surface area contributed by atoms with Crippen molar-refractivity contribution in [1.82, 2.24) is 24.9 Å². The Balaban J connectivity index is 1.71. The van der Waals surface area contributed by atoms with Crippen LogP contribution in [0.15, 0.2) is 48.7 Å². The molecule has 1 aliphatic heterocycles. The fraction of sp³-hybridized carbons (Fsp3) is 0.333. The SMILES string of the molecule is CO[C@@]1(c2cn(-c3cccc(-c4cccc(C(N)=O)n4)c3)nn2)CCN(C)C1(C)O. The van der Waals surface area contributed by atoms with Crippen molar-refractivity contribution >= 4 is 5.91 Å². The summed E-state index contributed by atoms with van der Waals surface area (Å²) >= 11 is 0. The lowest BCUT2D eigenvalue weighted by molar-refractivity contribution is -0.198. The number of carbonyl (C=O) groups excluding carboxylic acids is 1. The van der Waals surface area contributed by atoms with E-state index in [1.165, 1.54) is 0 Å². The molecule has 0 aliphatic carbocycles. The lowest BCUT2D eigenvalue weighted by Crippen LogP contribution is -2.53. The number of carbonyl (C=O) groups is 1. The third kappa shape index (κ3) is 3.07. The topological polar surface area (TPSA) is 119 Å². The molecular weight excluding hydrogens is 384 g/mol. The van der Waals surface area contributed by atoms with Crippen molar-refractivity contribution in [2.75, 3.05) is 20.7 Å². The van der Waals surface area contributed by atoms with Crippen LogP contribution in [-0.4, -0.2) is 62.3 Å². The van der Waals surface area contributed by atoms with Crippen LogP contribution in [0.25, 0.3) is 16.9 Å². The molecular formula is C21H24N6O3. The molecule has 1 amide bonds. The number of likely N-dealkylation sites (N-methyl/N-ethyl adjacent to an activating group) is 1. The van der Waals surface area contributed by atoms with Crippen molar-refractivity contribution < 1.29 is 14.6 Å². The van der Waals surface area contributed by atoms with Gasteiger partial charge in [-0.25, -0.2) is 9.67 Å². The Morgan fingerprint density at radius 3 is 2.70 bits per heavy atom. The maximum Gasteiger partial charge on any atom is 0.267 e. The van der Waals surface area contributed by atoms with Gasteiger partial charge >= 0.3 is 0 Å². The minimum Gasteiger partial charge on any atom is -0.372 e. The lowest BCUT2D eigenvalue weighted by atomic mass is 9.88. The molecule has 0 saturated carbocycles. The second kappa shape index (κ2) is 7.28. The maximum atomic E-state index is 11.4. The van der Waals surface area contributed by atoms with Gasteiger partial charge in [0, 0.05) is 19.2 Å². The van der Waals surface area contributed by atoms with Crippen molar-refractivity contribution in [1.29, 1.82) is 0 Å². The zero-order valence-electron chi connectivity index (χ0n) is 17.1. The first-order valence-corrected chi connectivity index (χ1v) is 9.58. The summed E-state index contributed by atoms with van der Waals surface area (Å²) in [6.45, 7) is 2.39. The number of primary amides is 1. The number of amides is 1. The molecule has 0 spiro atoms. The molecule has 2 aromatic heterocycles. The zero-order valence-corrected chi connectivity index (χ0v) is 17.1. The van der Waals surface area contributed by atoms with Crippen LogP contribution in [0.2, 0.25) is 0 Å². The molecule has 9 heteroatoms. The molecule has 1 aromatic carbocycles. The smallest absolute Gasteiger partial charge is 0.267 e. The number of ether oxygens (including phenoxy) is 1. The van der Waals surface area contributed by atoms with Crippen LogP contribution in [0, 0.1) is 0 Å². The average molecular weight is 408 g/mol. The Bertz CT molecular complexity index is 1100. The Hall–Kier alpha value is -3.14. The maximum absolute atomic E-state index is 11.4. The normalized spacial score (nSPS) is 24.3. The molecule has 30 heavy (non-hydrogen) atoms. The molecule has 1 aliphatic rings. The van der Waals surface area contributed by atoms with Gasteiger partial charge in [-0.2, -0.15) is 0 Å². The number of nitrogens with zero attached hydrogens (tertiary/aromatic N) is 5. The first-order valence-electron chi connectivity index (χ1n) is 9.58. The van der Waals surface area contributed by atoms with Crippen molar-refractivity contribution in [3.8, 4) is 16.9 Å². The summed E-state index contributed by atoms with van der Waals surface area (Å²) in [7, 11) is 3.42. The van der Waals surface area contributed by atoms with Gasteiger partial charge in [-0.1, -0.05) is 23.4 Å². The highest BCUT2D eigenvalue weighted by Crippen LogP contribution is 2.45. The van der Waals surface area contributed by atoms with E-state index in [9.17, 15) is 9.90 Å². The summed E-state index contributed by atoms with van der Waals surface area (Å²) in [4.78, 5) is 17.6. The van der Waals surface area contributed by atoms with Gasteiger partial charge < -0.3 is 15.6 Å². The highest BCUT2D eigenvalue weighted by Gasteiger charge is 2.58. The van der Waals surface area contributed by atoms with Gasteiger partial charge in [-0.3, -0.25) is 9.69 Å². The van der Waals surface area contributed by atoms with Gasteiger partial charge in [-0.15, -0.1) is 5.10 Å². The molecule has 1 saturated heterocycles. The summed E-state index contributed by atoms with van der Waals surface area (Å²) in [6.07, 6.45) is 2.36. The number of hydrogen-bond donors (Lipinski definition) is 2. The number of aliphatic hydroxyl groups is 1. The summed E-state index contributed by atoms with van der Waals surface area (Å²) in [6, 6.07) is 12.7. The van der Waals surface area contributed by atoms with Gasteiger partial charge in [0.1, 0.15) is 11.4 Å². The minimum atomic E-state index is -1.22. The Morgan fingerprint density at radius 2 is 2.03 bits per heavy atom. The number of hydrogen-bond acceptors (Lipinski definition) is 7. The molecule has 3 heterocycles. The Kier molecular flexibility index (Phi) is 4.89. The number of benzene rings is 1. The van der Waals surface area contributed by atoms with Crippen LogP contribution < -0.4 is 5.73 Å². The van der Waals surface area contributed by atoms with Crippen molar-refractivity contribution in [3.05, 3.63) is 60.0 Å². The first kappa shape index (κ1) is 20.1. The molecule has 9 nitrogen and oxygen atoms in total. The van der Waals surface area contributed by atoms with Crippen LogP contribution in [0.4, 0.5) is 0 Å². The molecule has 4 rings (SSSR count). The highest BCUT2D eigenvalue weighted by molar-refractivity contribution is 5.91. The molecule has 0 bridgehead atoms. The van der Waals surface area contributed by atoms with Crippen molar-refractivity contribution in [2.45, 2.75) is 24.7 Å². The first-order chi connectivity index (χ1) is 14.3. The summed E-state index contributed by atoms with van der Waals surface area (Å²) in [5, 5.41) is 19.6. The number of likely N-dealkylation sites (tertiary alicyclic amines) is 1. The van der Waals surface area contributed by atoms with Gasteiger partial charge in [0.2, 0.25) is 0 Å². The van der Waals surface area contributed by atoms with E-state index in [1.807, 2.05) is 42.3 Å². The van der Waals surface area contributed by atoms with Gasteiger partial charge in [0.15, 0.2) is 11.3 Å². The third-order valence-corrected chi connectivity index (χ3v) is 5.97. The Labute approximate surface area is 174 Å². The van der Waals surface area contributed by atoms with E-state index in [4.69, 9.17) is 10.5 Å². The Morgan fingerprint density at radius 1 is 1.27 bits per heavy atom. The third-order valence-electron chi connectivity index (χ3n) is 5.97. The largest absolute Gasteiger partial charge is 0.372 e. The summed E-state index contributed by atoms with van der Waals surface area (Å²) in [5.74, 6) is -0.577. The van der Waals surface area contributed by atoms with E-state index in [0.717, 1.165) is 11.3 Å². The zero-order chi connectivity index (χ0) is 21.5. The number of aromatic nitrogens is 4. The van der Waals surface area contributed by atoms with Crippen molar-refractivity contribution in [2.24, 2.45) is 5.73 Å². The standard InChI is InChI=1S/C21H24N6O3/c1-20(29)21(30-3,10-11-26(20)2)18-13-27(25-24-18)15-7-4-6-14(12-15)16-8-5-9-17(23-16)19(22)28/h4-9,12-13,29H,10-11H2,1-3H3,(H2,22,28)/t20?,21-/m1/s1. The summed E-state index contributed by atoms with van der Waals surface area (Å²) in [5.41, 5.74) is 6.10. The van der Waals surface area contributed by atoms with Crippen LogP contribution in [0.1, 0.15) is 29.5 Å². The van der Waals surface area contributed by atoms with E-state index in [1.54, 1.807) is 37.0 Å². The average Bonchev–Trinajstić information content (AvgIpc) is 3.32. The highest BCUT2D eigenvalue weighted by atomic mass is 16.5. The predicted molar refractivity (Wildman–Crippen MR) is 110 cm³/mol. The number of rotatable bonds is 5. The van der Waals surface area contributed by atoms with Crippen LogP contribution >= 0.6 is 0 Å². The quantitative estimate of drug-likeness (QED) is 0.653. The van der Waals surface area contributed by atoms with Crippen molar-refractivity contribution in [3.63, 3.8) is 0 Å². The molecule has 2 atom stereocenters. The second-order valence-electron chi connectivity index (χ2n) is 7.59. The van der Waals surface area contributed by atoms with Crippen LogP contribution in [0.3, 0.4) is 0 Å². The number of pyridine rings is 1. The van der Waals surface area contributed by atoms with Crippen LogP contribution in [-0.2, 0) is 10.3 Å². The molecule has 156 valence electrons. The second-order valence-corrected chi connectivity index (χ2v) is 7.59. The molecule has 0 radical (unpaired) electrons. The number of nitrogens with two attached hydrogens (primary N) is 1. The van der Waals surface area contributed by atoms with Gasteiger partial charge in [0.05, 0.1) is 17.6 Å². The van der Waals surface area contributed by atoms with Gasteiger partial charge in [0.25, 0.3) is 5.91 Å². The molecule has 3 aromatic rings. The molecule has 1 unspecified atom stereocenters. The van der Waals surface area contributed by atoms with E-state index >= 15 is 0 Å². The van der Waals surface area contributed by atoms with E-state index < -0.39 is 17.2 Å². The van der Waals surface area contributed by atoms with Crippen LogP contribution in [0.5, 0.6) is 0 Å². The van der Waals surface area contributed by atoms with E-state index in [0.29, 0.717) is 24.4 Å². The number of methoxy groups -OCH3 is 1.